The van der Waals surface area contributed by atoms with E-state index in [0.717, 1.165) is 25.7 Å². The molecule has 0 amide bonds. The summed E-state index contributed by atoms with van der Waals surface area (Å²) < 4.78 is 0. The van der Waals surface area contributed by atoms with Crippen LogP contribution < -0.4 is 24.8 Å². The molecule has 0 nitrogen and oxygen atoms in total. The molecule has 0 fully saturated rings. The van der Waals surface area contributed by atoms with Crippen LogP contribution in [0.5, 0.6) is 0 Å². The number of rotatable bonds is 2. The summed E-state index contributed by atoms with van der Waals surface area (Å²) in [6.45, 7) is 8.58. The van der Waals surface area contributed by atoms with Crippen LogP contribution in [-0.4, -0.2) is 0 Å². The molecule has 2 rings (SSSR count). The first kappa shape index (κ1) is 24.4. The van der Waals surface area contributed by atoms with Crippen molar-refractivity contribution in [2.45, 2.75) is 53.4 Å². The molecule has 0 spiro atoms. The zero-order valence-electron chi connectivity index (χ0n) is 12.2. The smallest absolute Gasteiger partial charge is 1.00 e. The van der Waals surface area contributed by atoms with Gasteiger partial charge in [-0.2, -0.15) is 11.1 Å². The Morgan fingerprint density at radius 2 is 1.16 bits per heavy atom. The normalized spacial score (nSPS) is 15.4. The van der Waals surface area contributed by atoms with Gasteiger partial charge in [-0.05, 0) is 0 Å². The molecule has 0 aromatic rings. The van der Waals surface area contributed by atoms with Crippen LogP contribution in [0.25, 0.3) is 0 Å². The minimum Gasteiger partial charge on any atom is -1.00 e. The predicted octanol–water partition coefficient (Wildman–Crippen LogP) is -1.04. The Morgan fingerprint density at radius 3 is 1.26 bits per heavy atom. The molecule has 0 N–H and O–H groups in total. The molecule has 0 heterocycles. The van der Waals surface area contributed by atoms with Crippen molar-refractivity contribution in [3.8, 4) is 0 Å². The van der Waals surface area contributed by atoms with E-state index in [2.05, 4.69) is 52.0 Å². The van der Waals surface area contributed by atoms with Crippen LogP contribution in [0.15, 0.2) is 34.4 Å². The molecule has 2 aliphatic rings. The van der Waals surface area contributed by atoms with E-state index in [-0.39, 0.29) is 50.7 Å². The van der Waals surface area contributed by atoms with Crippen molar-refractivity contribution in [2.24, 2.45) is 0 Å². The summed E-state index contributed by atoms with van der Waals surface area (Å²) in [5.74, 6) is 0. The largest absolute Gasteiger partial charge is 4.00 e. The van der Waals surface area contributed by atoms with Gasteiger partial charge in [0, 0.05) is 0 Å². The Hall–Kier alpha value is 0.410. The van der Waals surface area contributed by atoms with Gasteiger partial charge in [0.15, 0.2) is 0 Å². The first-order chi connectivity index (χ1) is 7.65. The van der Waals surface area contributed by atoms with E-state index in [9.17, 15) is 0 Å². The molecule has 0 saturated heterocycles. The van der Waals surface area contributed by atoms with Crippen LogP contribution in [0.3, 0.4) is 0 Å². The number of hydrogen-bond donors (Lipinski definition) is 0. The van der Waals surface area contributed by atoms with Gasteiger partial charge in [-0.25, -0.2) is 35.5 Å². The second kappa shape index (κ2) is 13.4. The van der Waals surface area contributed by atoms with Gasteiger partial charge in [-0.1, -0.05) is 53.4 Å². The maximum absolute atomic E-state index is 3.28. The maximum atomic E-state index is 3.28. The third-order valence-electron chi connectivity index (χ3n) is 2.82. The van der Waals surface area contributed by atoms with Gasteiger partial charge >= 0.3 is 25.8 Å². The minimum absolute atomic E-state index is 0. The Bertz CT molecular complexity index is 327. The molecule has 0 aromatic heterocycles. The van der Waals surface area contributed by atoms with Crippen LogP contribution in [0, 0.1) is 12.2 Å². The molecule has 0 radical (unpaired) electrons. The van der Waals surface area contributed by atoms with Gasteiger partial charge < -0.3 is 24.8 Å². The molecule has 104 valence electrons. The molecule has 0 bridgehead atoms. The van der Waals surface area contributed by atoms with Crippen LogP contribution >= 0.6 is 0 Å². The van der Waals surface area contributed by atoms with Gasteiger partial charge in [0.05, 0.1) is 0 Å². The van der Waals surface area contributed by atoms with E-state index in [0.29, 0.717) is 0 Å². The molecule has 0 saturated carbocycles. The van der Waals surface area contributed by atoms with Crippen LogP contribution in [0.4, 0.5) is 0 Å². The van der Waals surface area contributed by atoms with E-state index < -0.39 is 0 Å². The summed E-state index contributed by atoms with van der Waals surface area (Å²) in [6.07, 6.45) is 15.6. The zero-order chi connectivity index (χ0) is 12.0. The molecule has 2 aliphatic carbocycles. The summed E-state index contributed by atoms with van der Waals surface area (Å²) in [5, 5.41) is 0. The number of halogens is 2. The average Bonchev–Trinajstić information content (AvgIpc) is 2.88. The van der Waals surface area contributed by atoms with Crippen LogP contribution in [-0.2, 0) is 25.8 Å². The SMILES string of the molecule is CCC1=CCC(C)=[C-]1.CCC1=CCC(C)=[C-]1.[Cl-].[Cl-].[Hf+4]. The standard InChI is InChI=1S/2C8H11.2ClH.Hf/c2*1-3-8-5-4-7(2)6-8;;;/h2*5H,3-4H2,1-2H3;2*1H;/q2*-1;;;+4/p-2. The first-order valence-corrected chi connectivity index (χ1v) is 6.22. The molecule has 0 atom stereocenters. The summed E-state index contributed by atoms with van der Waals surface area (Å²) in [4.78, 5) is 0. The van der Waals surface area contributed by atoms with E-state index in [4.69, 9.17) is 0 Å². The van der Waals surface area contributed by atoms with E-state index in [1.807, 2.05) is 0 Å². The van der Waals surface area contributed by atoms with Crippen molar-refractivity contribution in [3.05, 3.63) is 46.6 Å². The van der Waals surface area contributed by atoms with E-state index in [1.165, 1.54) is 22.3 Å². The Kier molecular flexibility index (Phi) is 17.2. The third kappa shape index (κ3) is 9.87. The monoisotopic (exact) mass is 464 g/mol. The fourth-order valence-electron chi connectivity index (χ4n) is 1.77. The molecule has 0 unspecified atom stereocenters. The van der Waals surface area contributed by atoms with Gasteiger partial charge in [-0.3, -0.25) is 0 Å². The van der Waals surface area contributed by atoms with Crippen molar-refractivity contribution in [1.29, 1.82) is 0 Å². The van der Waals surface area contributed by atoms with Crippen molar-refractivity contribution >= 4 is 0 Å². The summed E-state index contributed by atoms with van der Waals surface area (Å²) in [6, 6.07) is 0. The van der Waals surface area contributed by atoms with Gasteiger partial charge in [0.1, 0.15) is 0 Å². The predicted molar refractivity (Wildman–Crippen MR) is 70.8 cm³/mol. The van der Waals surface area contributed by atoms with Crippen molar-refractivity contribution < 1.29 is 50.7 Å². The molecule has 0 aliphatic heterocycles. The molecule has 19 heavy (non-hydrogen) atoms. The molecule has 3 heteroatoms. The summed E-state index contributed by atoms with van der Waals surface area (Å²) >= 11 is 0. The number of allylic oxidation sites excluding steroid dienone is 8. The summed E-state index contributed by atoms with van der Waals surface area (Å²) in [7, 11) is 0. The summed E-state index contributed by atoms with van der Waals surface area (Å²) in [5.41, 5.74) is 5.51. The fraction of sp³-hybridized carbons (Fsp3) is 0.500. The fourth-order valence-corrected chi connectivity index (χ4v) is 1.77. The Labute approximate surface area is 150 Å². The Balaban J connectivity index is -0.000000233. The quantitative estimate of drug-likeness (QED) is 0.363. The van der Waals surface area contributed by atoms with Crippen molar-refractivity contribution in [3.63, 3.8) is 0 Å². The Morgan fingerprint density at radius 1 is 0.842 bits per heavy atom. The third-order valence-corrected chi connectivity index (χ3v) is 2.82. The maximum Gasteiger partial charge on any atom is 4.00 e. The molecule has 0 aromatic carbocycles. The van der Waals surface area contributed by atoms with Crippen LogP contribution in [0.2, 0.25) is 0 Å². The van der Waals surface area contributed by atoms with Crippen molar-refractivity contribution in [2.75, 3.05) is 0 Å². The van der Waals surface area contributed by atoms with Crippen LogP contribution in [0.1, 0.15) is 53.4 Å². The molecular formula is C16H22Cl2Hf. The second-order valence-electron chi connectivity index (χ2n) is 4.38. The molecular weight excluding hydrogens is 442 g/mol. The van der Waals surface area contributed by atoms with Gasteiger partial charge in [-0.15, -0.1) is 0 Å². The number of hydrogen-bond acceptors (Lipinski definition) is 0. The van der Waals surface area contributed by atoms with E-state index >= 15 is 0 Å². The topological polar surface area (TPSA) is 0 Å². The second-order valence-corrected chi connectivity index (χ2v) is 4.38. The zero-order valence-corrected chi connectivity index (χ0v) is 17.3. The first-order valence-electron chi connectivity index (χ1n) is 6.22. The van der Waals surface area contributed by atoms with Gasteiger partial charge in [0.25, 0.3) is 0 Å². The van der Waals surface area contributed by atoms with E-state index in [1.54, 1.807) is 0 Å². The van der Waals surface area contributed by atoms with Gasteiger partial charge in [0.2, 0.25) is 0 Å². The van der Waals surface area contributed by atoms with Crippen molar-refractivity contribution in [1.82, 2.24) is 0 Å². The average molecular weight is 464 g/mol. The minimum atomic E-state index is 0.